The molecule has 2 atom stereocenters. The molecule has 0 aromatic rings. The second kappa shape index (κ2) is 10.2. The standard InChI is InChI=1S/C17H31NO6/c1-8-22-14(19)10-12(3)18(16(21)24-17(5,6)7)13(4)11-15(20)23-9-2/h12-13H,8-11H2,1-7H3/t12-,13+. The van der Waals surface area contributed by atoms with E-state index in [1.807, 2.05) is 0 Å². The van der Waals surface area contributed by atoms with Gasteiger partial charge in [0.2, 0.25) is 0 Å². The number of nitrogens with zero attached hydrogens (tertiary/aromatic N) is 1. The SMILES string of the molecule is CCOC(=O)C[C@@H](C)N(C(=O)OC(C)(C)C)[C@@H](C)CC(=O)OCC. The molecule has 0 aromatic heterocycles. The van der Waals surface area contributed by atoms with E-state index < -0.39 is 35.7 Å². The number of carbonyl (C=O) groups excluding carboxylic acids is 3. The fourth-order valence-electron chi connectivity index (χ4n) is 2.23. The summed E-state index contributed by atoms with van der Waals surface area (Å²) in [6.45, 7) is 12.7. The molecule has 0 heterocycles. The van der Waals surface area contributed by atoms with E-state index in [-0.39, 0.29) is 26.1 Å². The van der Waals surface area contributed by atoms with Crippen molar-refractivity contribution in [1.82, 2.24) is 4.90 Å². The van der Waals surface area contributed by atoms with Crippen LogP contribution in [-0.4, -0.2) is 53.8 Å². The van der Waals surface area contributed by atoms with Gasteiger partial charge in [0, 0.05) is 12.1 Å². The largest absolute Gasteiger partial charge is 0.466 e. The smallest absolute Gasteiger partial charge is 0.410 e. The van der Waals surface area contributed by atoms with E-state index in [1.165, 1.54) is 4.90 Å². The van der Waals surface area contributed by atoms with E-state index >= 15 is 0 Å². The molecule has 0 unspecified atom stereocenters. The van der Waals surface area contributed by atoms with Crippen molar-refractivity contribution in [3.63, 3.8) is 0 Å². The molecule has 0 N–H and O–H groups in total. The Morgan fingerprint density at radius 2 is 1.25 bits per heavy atom. The summed E-state index contributed by atoms with van der Waals surface area (Å²) in [4.78, 5) is 37.4. The van der Waals surface area contributed by atoms with Gasteiger partial charge < -0.3 is 19.1 Å². The van der Waals surface area contributed by atoms with E-state index in [1.54, 1.807) is 48.5 Å². The Morgan fingerprint density at radius 3 is 1.54 bits per heavy atom. The van der Waals surface area contributed by atoms with Gasteiger partial charge in [-0.05, 0) is 48.5 Å². The summed E-state index contributed by atoms with van der Waals surface area (Å²) in [6.07, 6.45) is -0.517. The van der Waals surface area contributed by atoms with E-state index in [0.717, 1.165) is 0 Å². The lowest BCUT2D eigenvalue weighted by atomic mass is 10.1. The first-order chi connectivity index (χ1) is 11.0. The zero-order valence-corrected chi connectivity index (χ0v) is 15.9. The highest BCUT2D eigenvalue weighted by Crippen LogP contribution is 2.18. The van der Waals surface area contributed by atoms with Crippen molar-refractivity contribution < 1.29 is 28.6 Å². The van der Waals surface area contributed by atoms with Crippen LogP contribution in [0.3, 0.4) is 0 Å². The van der Waals surface area contributed by atoms with Crippen molar-refractivity contribution in [2.24, 2.45) is 0 Å². The first-order valence-electron chi connectivity index (χ1n) is 8.34. The van der Waals surface area contributed by atoms with Gasteiger partial charge in [-0.2, -0.15) is 0 Å². The topological polar surface area (TPSA) is 82.1 Å². The van der Waals surface area contributed by atoms with E-state index in [4.69, 9.17) is 14.2 Å². The van der Waals surface area contributed by atoms with Gasteiger partial charge in [-0.3, -0.25) is 9.59 Å². The first-order valence-corrected chi connectivity index (χ1v) is 8.34. The number of amides is 1. The van der Waals surface area contributed by atoms with Crippen LogP contribution in [0.25, 0.3) is 0 Å². The van der Waals surface area contributed by atoms with Gasteiger partial charge in [0.25, 0.3) is 0 Å². The van der Waals surface area contributed by atoms with Crippen LogP contribution in [0.15, 0.2) is 0 Å². The van der Waals surface area contributed by atoms with Crippen molar-refractivity contribution in [1.29, 1.82) is 0 Å². The van der Waals surface area contributed by atoms with Crippen LogP contribution in [0.2, 0.25) is 0 Å². The quantitative estimate of drug-likeness (QED) is 0.497. The van der Waals surface area contributed by atoms with Gasteiger partial charge in [0.05, 0.1) is 26.1 Å². The zero-order chi connectivity index (χ0) is 18.9. The molecule has 7 heteroatoms. The maximum atomic E-state index is 12.5. The van der Waals surface area contributed by atoms with Gasteiger partial charge >= 0.3 is 18.0 Å². The first kappa shape index (κ1) is 22.2. The Hall–Kier alpha value is -1.79. The molecule has 0 saturated carbocycles. The molecule has 24 heavy (non-hydrogen) atoms. The molecule has 0 fully saturated rings. The highest BCUT2D eigenvalue weighted by Gasteiger charge is 2.32. The average Bonchev–Trinajstić information content (AvgIpc) is 2.36. The monoisotopic (exact) mass is 345 g/mol. The Morgan fingerprint density at radius 1 is 0.875 bits per heavy atom. The molecule has 0 aliphatic heterocycles. The highest BCUT2D eigenvalue weighted by molar-refractivity contribution is 5.75. The Kier molecular flexibility index (Phi) is 9.40. The third kappa shape index (κ3) is 8.74. The van der Waals surface area contributed by atoms with Gasteiger partial charge in [-0.15, -0.1) is 0 Å². The Balaban J connectivity index is 5.15. The summed E-state index contributed by atoms with van der Waals surface area (Å²) < 4.78 is 15.3. The molecule has 0 saturated heterocycles. The van der Waals surface area contributed by atoms with Gasteiger partial charge in [-0.1, -0.05) is 0 Å². The second-order valence-electron chi connectivity index (χ2n) is 6.60. The number of hydrogen-bond acceptors (Lipinski definition) is 6. The van der Waals surface area contributed by atoms with E-state index in [2.05, 4.69) is 0 Å². The van der Waals surface area contributed by atoms with Gasteiger partial charge in [0.15, 0.2) is 0 Å². The molecule has 0 radical (unpaired) electrons. The molecule has 0 aliphatic rings. The number of carbonyl (C=O) groups is 3. The summed E-state index contributed by atoms with van der Waals surface area (Å²) in [5.41, 5.74) is -0.678. The van der Waals surface area contributed by atoms with Crippen LogP contribution in [0.5, 0.6) is 0 Å². The maximum absolute atomic E-state index is 12.5. The molecule has 0 rings (SSSR count). The van der Waals surface area contributed by atoms with Crippen molar-refractivity contribution >= 4 is 18.0 Å². The molecule has 0 spiro atoms. The van der Waals surface area contributed by atoms with Gasteiger partial charge in [-0.25, -0.2) is 4.79 Å². The molecule has 1 amide bonds. The van der Waals surface area contributed by atoms with Crippen molar-refractivity contribution in [3.8, 4) is 0 Å². The summed E-state index contributed by atoms with van der Waals surface area (Å²) in [7, 11) is 0. The molecule has 140 valence electrons. The second-order valence-corrected chi connectivity index (χ2v) is 6.60. The lowest BCUT2D eigenvalue weighted by Gasteiger charge is -2.35. The minimum Gasteiger partial charge on any atom is -0.466 e. The molecule has 0 aliphatic carbocycles. The summed E-state index contributed by atoms with van der Waals surface area (Å²) >= 11 is 0. The lowest BCUT2D eigenvalue weighted by molar-refractivity contribution is -0.145. The molecule has 0 aromatic carbocycles. The van der Waals surface area contributed by atoms with Crippen molar-refractivity contribution in [2.75, 3.05) is 13.2 Å². The lowest BCUT2D eigenvalue weighted by Crippen LogP contribution is -2.48. The Labute approximate surface area is 144 Å². The summed E-state index contributed by atoms with van der Waals surface area (Å²) in [6, 6.07) is -0.938. The van der Waals surface area contributed by atoms with Crippen LogP contribution in [0.1, 0.15) is 61.3 Å². The summed E-state index contributed by atoms with van der Waals surface area (Å²) in [5, 5.41) is 0. The average molecular weight is 345 g/mol. The van der Waals surface area contributed by atoms with Crippen LogP contribution in [0, 0.1) is 0 Å². The molecule has 0 bridgehead atoms. The minimum absolute atomic E-state index is 0.0280. The third-order valence-corrected chi connectivity index (χ3v) is 3.09. The van der Waals surface area contributed by atoms with Gasteiger partial charge in [0.1, 0.15) is 5.60 Å². The Bertz CT molecular complexity index is 403. The fraction of sp³-hybridized carbons (Fsp3) is 0.824. The van der Waals surface area contributed by atoms with Crippen molar-refractivity contribution in [3.05, 3.63) is 0 Å². The summed E-state index contributed by atoms with van der Waals surface area (Å²) in [5.74, 6) is -0.802. The maximum Gasteiger partial charge on any atom is 0.410 e. The van der Waals surface area contributed by atoms with E-state index in [0.29, 0.717) is 0 Å². The van der Waals surface area contributed by atoms with E-state index in [9.17, 15) is 14.4 Å². The molecule has 7 nitrogen and oxygen atoms in total. The van der Waals surface area contributed by atoms with Crippen LogP contribution < -0.4 is 0 Å². The van der Waals surface area contributed by atoms with Crippen LogP contribution in [0.4, 0.5) is 4.79 Å². The zero-order valence-electron chi connectivity index (χ0n) is 15.9. The molecular weight excluding hydrogens is 314 g/mol. The highest BCUT2D eigenvalue weighted by atomic mass is 16.6. The number of esters is 2. The minimum atomic E-state index is -0.678. The number of rotatable bonds is 8. The van der Waals surface area contributed by atoms with Crippen LogP contribution in [-0.2, 0) is 23.8 Å². The third-order valence-electron chi connectivity index (χ3n) is 3.09. The normalized spacial score (nSPS) is 13.6. The molecular formula is C17H31NO6. The predicted molar refractivity (Wildman–Crippen MR) is 89.5 cm³/mol. The fourth-order valence-corrected chi connectivity index (χ4v) is 2.23. The van der Waals surface area contributed by atoms with Crippen molar-refractivity contribution in [2.45, 2.75) is 79.0 Å². The number of hydrogen-bond donors (Lipinski definition) is 0. The number of ether oxygens (including phenoxy) is 3. The van der Waals surface area contributed by atoms with Crippen LogP contribution >= 0.6 is 0 Å². The predicted octanol–water partition coefficient (Wildman–Crippen LogP) is 2.91.